The number of hydrogen-bond donors (Lipinski definition) is 2. The zero-order chi connectivity index (χ0) is 16.9. The molecule has 24 heavy (non-hydrogen) atoms. The van der Waals surface area contributed by atoms with E-state index in [1.807, 2.05) is 18.2 Å². The number of methoxy groups -OCH3 is 1. The number of aromatic nitrogens is 1. The molecular formula is C17H18N4O3. The molecule has 1 atom stereocenters. The molecule has 3 amide bonds. The standard InChI is InChI=1S/C17H18N4O3/c1-24-14-6-4-5-13(10-14)21-11-12(9-16(21)22)19-17(23)20-15-7-2-3-8-18-15/h2-8,10,12H,9,11H2,1H3,(H2,18,19,20,23). The molecule has 1 aromatic carbocycles. The number of amides is 3. The molecule has 0 spiro atoms. The molecule has 0 saturated carbocycles. The predicted molar refractivity (Wildman–Crippen MR) is 90.1 cm³/mol. The van der Waals surface area contributed by atoms with Crippen molar-refractivity contribution in [2.24, 2.45) is 0 Å². The molecule has 7 heteroatoms. The van der Waals surface area contributed by atoms with Crippen molar-refractivity contribution >= 4 is 23.4 Å². The van der Waals surface area contributed by atoms with E-state index in [9.17, 15) is 9.59 Å². The van der Waals surface area contributed by atoms with Crippen molar-refractivity contribution < 1.29 is 14.3 Å². The molecule has 1 aliphatic rings. The van der Waals surface area contributed by atoms with Crippen LogP contribution in [-0.2, 0) is 4.79 Å². The second kappa shape index (κ2) is 6.99. The van der Waals surface area contributed by atoms with E-state index in [-0.39, 0.29) is 24.4 Å². The molecule has 7 nitrogen and oxygen atoms in total. The highest BCUT2D eigenvalue weighted by molar-refractivity contribution is 5.97. The van der Waals surface area contributed by atoms with Gasteiger partial charge in [-0.15, -0.1) is 0 Å². The summed E-state index contributed by atoms with van der Waals surface area (Å²) < 4.78 is 5.18. The van der Waals surface area contributed by atoms with Crippen LogP contribution in [-0.4, -0.2) is 36.6 Å². The van der Waals surface area contributed by atoms with Crippen LogP contribution >= 0.6 is 0 Å². The highest BCUT2D eigenvalue weighted by Gasteiger charge is 2.31. The van der Waals surface area contributed by atoms with Gasteiger partial charge in [0.15, 0.2) is 0 Å². The minimum atomic E-state index is -0.376. The Balaban J connectivity index is 1.61. The largest absolute Gasteiger partial charge is 0.497 e. The predicted octanol–water partition coefficient (Wildman–Crippen LogP) is 2.02. The van der Waals surface area contributed by atoms with Crippen LogP contribution in [0.15, 0.2) is 48.7 Å². The van der Waals surface area contributed by atoms with Crippen LogP contribution in [0.2, 0.25) is 0 Å². The summed E-state index contributed by atoms with van der Waals surface area (Å²) in [4.78, 5) is 29.9. The molecule has 2 heterocycles. The van der Waals surface area contributed by atoms with Gasteiger partial charge in [0, 0.05) is 30.9 Å². The molecule has 2 N–H and O–H groups in total. The van der Waals surface area contributed by atoms with E-state index in [2.05, 4.69) is 15.6 Å². The molecule has 3 rings (SSSR count). The SMILES string of the molecule is COc1cccc(N2CC(NC(=O)Nc3ccccn3)CC2=O)c1. The first-order chi connectivity index (χ1) is 11.7. The van der Waals surface area contributed by atoms with Crippen LogP contribution < -0.4 is 20.3 Å². The maximum absolute atomic E-state index is 12.2. The Labute approximate surface area is 139 Å². The van der Waals surface area contributed by atoms with Gasteiger partial charge in [-0.25, -0.2) is 9.78 Å². The Hall–Kier alpha value is -3.09. The zero-order valence-electron chi connectivity index (χ0n) is 13.2. The van der Waals surface area contributed by atoms with Gasteiger partial charge in [0.05, 0.1) is 13.2 Å². The molecule has 1 unspecified atom stereocenters. The minimum absolute atomic E-state index is 0.0358. The fourth-order valence-electron chi connectivity index (χ4n) is 2.61. The number of hydrogen-bond acceptors (Lipinski definition) is 4. The van der Waals surface area contributed by atoms with Gasteiger partial charge in [-0.1, -0.05) is 12.1 Å². The summed E-state index contributed by atoms with van der Waals surface area (Å²) in [6.07, 6.45) is 1.85. The van der Waals surface area contributed by atoms with Crippen molar-refractivity contribution in [3.05, 3.63) is 48.7 Å². The Morgan fingerprint density at radius 1 is 1.29 bits per heavy atom. The topological polar surface area (TPSA) is 83.6 Å². The molecule has 2 aromatic rings. The van der Waals surface area contributed by atoms with Crippen molar-refractivity contribution in [1.82, 2.24) is 10.3 Å². The molecule has 1 aliphatic heterocycles. The van der Waals surface area contributed by atoms with Crippen LogP contribution in [0, 0.1) is 0 Å². The first kappa shape index (κ1) is 15.8. The third kappa shape index (κ3) is 3.62. The summed E-state index contributed by atoms with van der Waals surface area (Å²) in [7, 11) is 1.58. The number of ether oxygens (including phenoxy) is 1. The summed E-state index contributed by atoms with van der Waals surface area (Å²) >= 11 is 0. The van der Waals surface area contributed by atoms with Crippen LogP contribution in [0.5, 0.6) is 5.75 Å². The van der Waals surface area contributed by atoms with Gasteiger partial charge in [-0.2, -0.15) is 0 Å². The van der Waals surface area contributed by atoms with Gasteiger partial charge in [0.1, 0.15) is 11.6 Å². The fourth-order valence-corrected chi connectivity index (χ4v) is 2.61. The normalized spacial score (nSPS) is 16.8. The monoisotopic (exact) mass is 326 g/mol. The lowest BCUT2D eigenvalue weighted by Gasteiger charge is -2.18. The lowest BCUT2D eigenvalue weighted by Crippen LogP contribution is -2.39. The highest BCUT2D eigenvalue weighted by atomic mass is 16.5. The van der Waals surface area contributed by atoms with Gasteiger partial charge < -0.3 is 15.0 Å². The maximum Gasteiger partial charge on any atom is 0.320 e. The first-order valence-electron chi connectivity index (χ1n) is 7.58. The number of rotatable bonds is 4. The van der Waals surface area contributed by atoms with Crippen molar-refractivity contribution in [1.29, 1.82) is 0 Å². The molecule has 124 valence electrons. The highest BCUT2D eigenvalue weighted by Crippen LogP contribution is 2.25. The van der Waals surface area contributed by atoms with E-state index in [1.54, 1.807) is 42.5 Å². The number of nitrogens with zero attached hydrogens (tertiary/aromatic N) is 2. The quantitative estimate of drug-likeness (QED) is 0.900. The smallest absolute Gasteiger partial charge is 0.320 e. The van der Waals surface area contributed by atoms with Gasteiger partial charge >= 0.3 is 6.03 Å². The second-order valence-corrected chi connectivity index (χ2v) is 5.42. The van der Waals surface area contributed by atoms with Gasteiger partial charge in [0.2, 0.25) is 5.91 Å². The van der Waals surface area contributed by atoms with E-state index in [0.29, 0.717) is 18.1 Å². The number of carbonyl (C=O) groups is 2. The van der Waals surface area contributed by atoms with Crippen LogP contribution in [0.3, 0.4) is 0 Å². The number of anilines is 2. The lowest BCUT2D eigenvalue weighted by atomic mass is 10.2. The Bertz CT molecular complexity index is 736. The van der Waals surface area contributed by atoms with E-state index in [4.69, 9.17) is 4.74 Å². The number of benzene rings is 1. The van der Waals surface area contributed by atoms with Gasteiger partial charge in [-0.3, -0.25) is 10.1 Å². The molecular weight excluding hydrogens is 308 g/mol. The summed E-state index contributed by atoms with van der Waals surface area (Å²) in [5.41, 5.74) is 0.758. The summed E-state index contributed by atoms with van der Waals surface area (Å²) in [5.74, 6) is 1.11. The molecule has 1 saturated heterocycles. The van der Waals surface area contributed by atoms with Crippen molar-refractivity contribution in [2.45, 2.75) is 12.5 Å². The third-order valence-corrected chi connectivity index (χ3v) is 3.73. The second-order valence-electron chi connectivity index (χ2n) is 5.42. The van der Waals surface area contributed by atoms with Crippen molar-refractivity contribution in [2.75, 3.05) is 23.9 Å². The molecule has 1 fully saturated rings. The number of urea groups is 1. The Morgan fingerprint density at radius 2 is 2.17 bits per heavy atom. The first-order valence-corrected chi connectivity index (χ1v) is 7.58. The van der Waals surface area contributed by atoms with E-state index in [0.717, 1.165) is 5.69 Å². The van der Waals surface area contributed by atoms with E-state index < -0.39 is 0 Å². The average Bonchev–Trinajstić information content (AvgIpc) is 2.96. The Kier molecular flexibility index (Phi) is 4.60. The van der Waals surface area contributed by atoms with Crippen molar-refractivity contribution in [3.8, 4) is 5.75 Å². The van der Waals surface area contributed by atoms with Gasteiger partial charge in [0.25, 0.3) is 0 Å². The van der Waals surface area contributed by atoms with E-state index >= 15 is 0 Å². The molecule has 0 radical (unpaired) electrons. The van der Waals surface area contributed by atoms with E-state index in [1.165, 1.54) is 0 Å². The molecule has 1 aromatic heterocycles. The molecule has 0 bridgehead atoms. The average molecular weight is 326 g/mol. The zero-order valence-corrected chi connectivity index (χ0v) is 13.2. The van der Waals surface area contributed by atoms with Gasteiger partial charge in [-0.05, 0) is 24.3 Å². The summed E-state index contributed by atoms with van der Waals surface area (Å²) in [6, 6.07) is 11.9. The van der Waals surface area contributed by atoms with Crippen LogP contribution in [0.1, 0.15) is 6.42 Å². The summed E-state index contributed by atoms with van der Waals surface area (Å²) in [5, 5.41) is 5.45. The van der Waals surface area contributed by atoms with Crippen LogP contribution in [0.4, 0.5) is 16.3 Å². The third-order valence-electron chi connectivity index (χ3n) is 3.73. The summed E-state index contributed by atoms with van der Waals surface area (Å²) in [6.45, 7) is 0.418. The lowest BCUT2D eigenvalue weighted by molar-refractivity contribution is -0.117. The number of carbonyl (C=O) groups excluding carboxylic acids is 2. The minimum Gasteiger partial charge on any atom is -0.497 e. The van der Waals surface area contributed by atoms with Crippen molar-refractivity contribution in [3.63, 3.8) is 0 Å². The van der Waals surface area contributed by atoms with Crippen LogP contribution in [0.25, 0.3) is 0 Å². The number of nitrogens with one attached hydrogen (secondary N) is 2. The Morgan fingerprint density at radius 3 is 2.92 bits per heavy atom. The maximum atomic E-state index is 12.2. The fraction of sp³-hybridized carbons (Fsp3) is 0.235. The number of pyridine rings is 1. The molecule has 0 aliphatic carbocycles.